The average molecular weight is 408 g/mol. The Morgan fingerprint density at radius 2 is 1.93 bits per heavy atom. The van der Waals surface area contributed by atoms with Crippen molar-refractivity contribution in [3.63, 3.8) is 0 Å². The molecule has 0 fully saturated rings. The molecule has 30 heavy (non-hydrogen) atoms. The Balaban J connectivity index is 0.000000575. The molecule has 0 bridgehead atoms. The first kappa shape index (κ1) is 23.0. The van der Waals surface area contributed by atoms with E-state index in [0.717, 1.165) is 47.3 Å². The SMILES string of the molecule is CC/C=C/c1cccc(-c2ccc3c(c2)CN(C(C)CCC)C3=O)n1.O=CNC=O. The molecule has 1 unspecified atom stereocenters. The maximum Gasteiger partial charge on any atom is 0.254 e. The summed E-state index contributed by atoms with van der Waals surface area (Å²) in [6, 6.07) is 12.5. The number of aromatic nitrogens is 1. The first-order valence-corrected chi connectivity index (χ1v) is 10.3. The lowest BCUT2D eigenvalue weighted by molar-refractivity contribution is -0.117. The highest BCUT2D eigenvalue weighted by Gasteiger charge is 2.30. The number of imide groups is 1. The summed E-state index contributed by atoms with van der Waals surface area (Å²) in [5, 5.41) is 1.75. The van der Waals surface area contributed by atoms with E-state index < -0.39 is 0 Å². The van der Waals surface area contributed by atoms with Gasteiger partial charge in [-0.1, -0.05) is 38.5 Å². The number of hydrogen-bond donors (Lipinski definition) is 1. The van der Waals surface area contributed by atoms with Crippen LogP contribution in [0.5, 0.6) is 0 Å². The maximum absolute atomic E-state index is 12.6. The van der Waals surface area contributed by atoms with Crippen molar-refractivity contribution in [2.75, 3.05) is 0 Å². The Kier molecular flexibility index (Phi) is 8.94. The first-order valence-electron chi connectivity index (χ1n) is 10.3. The van der Waals surface area contributed by atoms with Crippen LogP contribution in [0.25, 0.3) is 17.3 Å². The van der Waals surface area contributed by atoms with E-state index >= 15 is 0 Å². The number of pyridine rings is 1. The molecule has 1 N–H and O–H groups in total. The van der Waals surface area contributed by atoms with Gasteiger partial charge in [0.05, 0.1) is 11.4 Å². The molecule has 1 aliphatic rings. The van der Waals surface area contributed by atoms with E-state index in [0.29, 0.717) is 19.4 Å². The van der Waals surface area contributed by atoms with Crippen molar-refractivity contribution in [3.8, 4) is 11.3 Å². The lowest BCUT2D eigenvalue weighted by Gasteiger charge is -2.23. The highest BCUT2D eigenvalue weighted by atomic mass is 16.2. The molecule has 0 saturated carbocycles. The van der Waals surface area contributed by atoms with Crippen LogP contribution in [-0.2, 0) is 16.1 Å². The zero-order chi connectivity index (χ0) is 21.9. The van der Waals surface area contributed by atoms with E-state index in [9.17, 15) is 4.79 Å². The summed E-state index contributed by atoms with van der Waals surface area (Å²) < 4.78 is 0. The number of carbonyl (C=O) groups is 3. The molecule has 2 aromatic rings. The minimum atomic E-state index is 0.162. The maximum atomic E-state index is 12.6. The third-order valence-corrected chi connectivity index (χ3v) is 4.90. The number of benzene rings is 1. The quantitative estimate of drug-likeness (QED) is 0.665. The number of hydrogen-bond acceptors (Lipinski definition) is 4. The predicted octanol–water partition coefficient (Wildman–Crippen LogP) is 4.21. The van der Waals surface area contributed by atoms with Crippen LogP contribution in [-0.4, -0.2) is 34.7 Å². The molecule has 0 spiro atoms. The van der Waals surface area contributed by atoms with Crippen molar-refractivity contribution in [1.29, 1.82) is 0 Å². The Bertz CT molecular complexity index is 902. The number of carbonyl (C=O) groups excluding carboxylic acids is 3. The van der Waals surface area contributed by atoms with E-state index in [4.69, 9.17) is 14.6 Å². The first-order chi connectivity index (χ1) is 14.5. The van der Waals surface area contributed by atoms with Gasteiger partial charge in [-0.25, -0.2) is 4.98 Å². The number of nitrogens with one attached hydrogen (secondary N) is 1. The summed E-state index contributed by atoms with van der Waals surface area (Å²) in [5.74, 6) is 0.162. The van der Waals surface area contributed by atoms with Gasteiger partial charge in [0.2, 0.25) is 12.8 Å². The second-order valence-electron chi connectivity index (χ2n) is 7.10. The van der Waals surface area contributed by atoms with Crippen LogP contribution in [0.3, 0.4) is 0 Å². The zero-order valence-electron chi connectivity index (χ0n) is 17.8. The standard InChI is InChI=1S/C22H26N2O.C2H3NO2/c1-4-6-9-19-10-7-11-21(23-19)17-12-13-20-18(14-17)15-24(22(20)25)16(3)8-5-2;4-1-3-2-5/h6-7,9-14,16H,4-5,8,15H2,1-3H3;1-2H,(H,3,4,5)/b9-6+;. The summed E-state index contributed by atoms with van der Waals surface area (Å²) in [5.41, 5.74) is 4.95. The lowest BCUT2D eigenvalue weighted by atomic mass is 10.0. The third-order valence-electron chi connectivity index (χ3n) is 4.90. The van der Waals surface area contributed by atoms with Gasteiger partial charge in [0, 0.05) is 23.7 Å². The molecule has 6 heteroatoms. The molecule has 1 aromatic carbocycles. The van der Waals surface area contributed by atoms with Crippen LogP contribution in [0.2, 0.25) is 0 Å². The van der Waals surface area contributed by atoms with Gasteiger partial charge in [-0.05, 0) is 55.7 Å². The Labute approximate surface area is 178 Å². The predicted molar refractivity (Wildman–Crippen MR) is 119 cm³/mol. The fourth-order valence-corrected chi connectivity index (χ4v) is 3.40. The molecule has 1 aromatic heterocycles. The van der Waals surface area contributed by atoms with E-state index in [2.05, 4.69) is 39.0 Å². The summed E-state index contributed by atoms with van der Waals surface area (Å²) in [7, 11) is 0. The van der Waals surface area contributed by atoms with Crippen LogP contribution in [0.1, 0.15) is 61.6 Å². The average Bonchev–Trinajstić information content (AvgIpc) is 3.10. The van der Waals surface area contributed by atoms with Gasteiger partial charge in [-0.2, -0.15) is 0 Å². The van der Waals surface area contributed by atoms with E-state index in [1.165, 1.54) is 0 Å². The summed E-state index contributed by atoms with van der Waals surface area (Å²) >= 11 is 0. The van der Waals surface area contributed by atoms with Crippen molar-refractivity contribution >= 4 is 24.8 Å². The van der Waals surface area contributed by atoms with Crippen LogP contribution < -0.4 is 5.32 Å². The normalized spacial score (nSPS) is 13.4. The van der Waals surface area contributed by atoms with Gasteiger partial charge in [0.25, 0.3) is 5.91 Å². The van der Waals surface area contributed by atoms with Gasteiger partial charge in [-0.15, -0.1) is 0 Å². The third kappa shape index (κ3) is 5.86. The van der Waals surface area contributed by atoms with Crippen molar-refractivity contribution in [3.05, 3.63) is 59.3 Å². The molecule has 6 nitrogen and oxygen atoms in total. The Hall–Kier alpha value is -3.28. The minimum absolute atomic E-state index is 0.162. The van der Waals surface area contributed by atoms with Crippen LogP contribution in [0.4, 0.5) is 0 Å². The van der Waals surface area contributed by atoms with Gasteiger partial charge in [0.15, 0.2) is 0 Å². The number of nitrogens with zero attached hydrogens (tertiary/aromatic N) is 2. The summed E-state index contributed by atoms with van der Waals surface area (Å²) in [6.07, 6.45) is 7.92. The topological polar surface area (TPSA) is 79.4 Å². The molecule has 3 rings (SSSR count). The molecule has 1 aliphatic heterocycles. The van der Waals surface area contributed by atoms with Gasteiger partial charge >= 0.3 is 0 Å². The molecule has 3 amide bonds. The fourth-order valence-electron chi connectivity index (χ4n) is 3.40. The zero-order valence-corrected chi connectivity index (χ0v) is 17.8. The van der Waals surface area contributed by atoms with E-state index in [1.807, 2.05) is 35.2 Å². The van der Waals surface area contributed by atoms with Crippen LogP contribution in [0.15, 0.2) is 42.5 Å². The van der Waals surface area contributed by atoms with E-state index in [-0.39, 0.29) is 11.9 Å². The monoisotopic (exact) mass is 407 g/mol. The van der Waals surface area contributed by atoms with Crippen molar-refractivity contribution in [1.82, 2.24) is 15.2 Å². The molecule has 0 aliphatic carbocycles. The number of rotatable bonds is 8. The van der Waals surface area contributed by atoms with E-state index in [1.54, 1.807) is 5.32 Å². The number of allylic oxidation sites excluding steroid dienone is 1. The molecular formula is C24H29N3O3. The molecular weight excluding hydrogens is 378 g/mol. The number of fused-ring (bicyclic) bond motifs is 1. The smallest absolute Gasteiger partial charge is 0.254 e. The van der Waals surface area contributed by atoms with Crippen molar-refractivity contribution in [2.45, 2.75) is 52.6 Å². The van der Waals surface area contributed by atoms with Gasteiger partial charge in [0.1, 0.15) is 0 Å². The van der Waals surface area contributed by atoms with Crippen LogP contribution in [0, 0.1) is 0 Å². The van der Waals surface area contributed by atoms with Crippen LogP contribution >= 0.6 is 0 Å². The molecule has 158 valence electrons. The summed E-state index contributed by atoms with van der Waals surface area (Å²) in [4.78, 5) is 37.5. The number of amides is 3. The molecule has 0 saturated heterocycles. The second kappa shape index (κ2) is 11.7. The summed E-state index contributed by atoms with van der Waals surface area (Å²) in [6.45, 7) is 7.12. The van der Waals surface area contributed by atoms with Crippen molar-refractivity contribution < 1.29 is 14.4 Å². The Morgan fingerprint density at radius 3 is 2.57 bits per heavy atom. The van der Waals surface area contributed by atoms with Gasteiger partial charge in [-0.3, -0.25) is 14.4 Å². The fraction of sp³-hybridized carbons (Fsp3) is 0.333. The highest BCUT2D eigenvalue weighted by Crippen LogP contribution is 2.30. The Morgan fingerprint density at radius 1 is 1.17 bits per heavy atom. The van der Waals surface area contributed by atoms with Crippen molar-refractivity contribution in [2.24, 2.45) is 0 Å². The molecule has 0 radical (unpaired) electrons. The lowest BCUT2D eigenvalue weighted by Crippen LogP contribution is -2.33. The molecule has 2 heterocycles. The van der Waals surface area contributed by atoms with Gasteiger partial charge < -0.3 is 10.2 Å². The largest absolute Gasteiger partial charge is 0.332 e. The molecule has 1 atom stereocenters. The second-order valence-corrected chi connectivity index (χ2v) is 7.10. The highest BCUT2D eigenvalue weighted by molar-refractivity contribution is 5.99. The minimum Gasteiger partial charge on any atom is -0.332 e.